The molecule has 0 saturated carbocycles. The third-order valence-electron chi connectivity index (χ3n) is 3.05. The Morgan fingerprint density at radius 3 is 2.94 bits per heavy atom. The van der Waals surface area contributed by atoms with E-state index in [1.807, 2.05) is 6.92 Å². The predicted octanol–water partition coefficient (Wildman–Crippen LogP) is 1.00. The van der Waals surface area contributed by atoms with Gasteiger partial charge in [-0.3, -0.25) is 0 Å². The number of aryl methyl sites for hydroxylation is 2. The second-order valence-electron chi connectivity index (χ2n) is 4.46. The van der Waals surface area contributed by atoms with Gasteiger partial charge >= 0.3 is 5.97 Å². The Hall–Kier alpha value is -1.69. The molecule has 1 fully saturated rings. The molecule has 0 radical (unpaired) electrons. The molecule has 1 saturated heterocycles. The van der Waals surface area contributed by atoms with Crippen molar-refractivity contribution in [3.63, 3.8) is 0 Å². The van der Waals surface area contributed by atoms with Crippen molar-refractivity contribution in [2.45, 2.75) is 32.2 Å². The maximum absolute atomic E-state index is 11.4. The number of aliphatic carboxylic acids is 1. The first kappa shape index (κ1) is 12.8. The van der Waals surface area contributed by atoms with Crippen molar-refractivity contribution >= 4 is 11.8 Å². The molecule has 6 heteroatoms. The van der Waals surface area contributed by atoms with Crippen molar-refractivity contribution < 1.29 is 14.6 Å². The molecule has 1 atom stereocenters. The van der Waals surface area contributed by atoms with Crippen LogP contribution in [0.4, 0.5) is 5.82 Å². The summed E-state index contributed by atoms with van der Waals surface area (Å²) in [6, 6.07) is 1.79. The molecule has 2 rings (SSSR count). The lowest BCUT2D eigenvalue weighted by Crippen LogP contribution is -2.47. The smallest absolute Gasteiger partial charge is 0.331 e. The lowest BCUT2D eigenvalue weighted by molar-refractivity contribution is -0.142. The minimum absolute atomic E-state index is 0.160. The van der Waals surface area contributed by atoms with E-state index in [-0.39, 0.29) is 6.61 Å². The van der Waals surface area contributed by atoms with Crippen LogP contribution in [0.2, 0.25) is 0 Å². The highest BCUT2D eigenvalue weighted by Crippen LogP contribution is 2.24. The van der Waals surface area contributed by atoms with E-state index in [0.29, 0.717) is 24.7 Å². The van der Waals surface area contributed by atoms with Gasteiger partial charge in [0.05, 0.1) is 6.61 Å². The number of aromatic nitrogens is 2. The molecule has 18 heavy (non-hydrogen) atoms. The average Bonchev–Trinajstić information content (AvgIpc) is 2.78. The van der Waals surface area contributed by atoms with Crippen LogP contribution in [0.5, 0.6) is 0 Å². The number of nitrogens with zero attached hydrogens (tertiary/aromatic N) is 2. The molecule has 6 nitrogen and oxygen atoms in total. The fourth-order valence-corrected chi connectivity index (χ4v) is 2.01. The van der Waals surface area contributed by atoms with Crippen LogP contribution in [0.25, 0.3) is 0 Å². The molecule has 98 valence electrons. The van der Waals surface area contributed by atoms with Crippen molar-refractivity contribution in [2.24, 2.45) is 0 Å². The molecule has 0 aliphatic carbocycles. The second-order valence-corrected chi connectivity index (χ2v) is 4.46. The number of ether oxygens (including phenoxy) is 1. The molecule has 0 bridgehead atoms. The van der Waals surface area contributed by atoms with Crippen LogP contribution in [0.15, 0.2) is 6.07 Å². The van der Waals surface area contributed by atoms with E-state index in [4.69, 9.17) is 4.74 Å². The molecule has 1 aromatic heterocycles. The Morgan fingerprint density at radius 2 is 2.39 bits per heavy atom. The highest BCUT2D eigenvalue weighted by Gasteiger charge is 2.43. The van der Waals surface area contributed by atoms with E-state index in [0.717, 1.165) is 12.1 Å². The van der Waals surface area contributed by atoms with Gasteiger partial charge in [-0.25, -0.2) is 14.8 Å². The van der Waals surface area contributed by atoms with Gasteiger partial charge in [-0.1, -0.05) is 6.92 Å². The first-order valence-electron chi connectivity index (χ1n) is 5.99. The maximum atomic E-state index is 11.4. The Morgan fingerprint density at radius 1 is 1.61 bits per heavy atom. The molecule has 2 N–H and O–H groups in total. The first-order valence-corrected chi connectivity index (χ1v) is 5.99. The zero-order valence-corrected chi connectivity index (χ0v) is 10.6. The summed E-state index contributed by atoms with van der Waals surface area (Å²) in [7, 11) is 0. The molecular formula is C12H17N3O3. The summed E-state index contributed by atoms with van der Waals surface area (Å²) >= 11 is 0. The number of carboxylic acid groups (broad SMARTS) is 1. The Kier molecular flexibility index (Phi) is 3.47. The van der Waals surface area contributed by atoms with Crippen molar-refractivity contribution in [3.8, 4) is 0 Å². The third kappa shape index (κ3) is 2.43. The van der Waals surface area contributed by atoms with Crippen molar-refractivity contribution in [2.75, 3.05) is 18.5 Å². The van der Waals surface area contributed by atoms with Gasteiger partial charge in [0.1, 0.15) is 11.6 Å². The quantitative estimate of drug-likeness (QED) is 0.830. The summed E-state index contributed by atoms with van der Waals surface area (Å²) in [6.07, 6.45) is 1.22. The van der Waals surface area contributed by atoms with Gasteiger partial charge in [0.15, 0.2) is 5.54 Å². The van der Waals surface area contributed by atoms with Crippen LogP contribution in [0, 0.1) is 6.92 Å². The molecule has 1 unspecified atom stereocenters. The van der Waals surface area contributed by atoms with Crippen molar-refractivity contribution in [3.05, 3.63) is 17.6 Å². The molecule has 0 amide bonds. The van der Waals surface area contributed by atoms with Gasteiger partial charge in [0, 0.05) is 24.8 Å². The van der Waals surface area contributed by atoms with Gasteiger partial charge in [0.2, 0.25) is 0 Å². The molecule has 2 heterocycles. The second kappa shape index (κ2) is 4.89. The molecule has 1 aliphatic heterocycles. The molecular weight excluding hydrogens is 234 g/mol. The Balaban J connectivity index is 2.26. The van der Waals surface area contributed by atoms with E-state index >= 15 is 0 Å². The van der Waals surface area contributed by atoms with Gasteiger partial charge < -0.3 is 15.2 Å². The predicted molar refractivity (Wildman–Crippen MR) is 65.6 cm³/mol. The number of carbonyl (C=O) groups is 1. The van der Waals surface area contributed by atoms with E-state index in [9.17, 15) is 9.90 Å². The van der Waals surface area contributed by atoms with Crippen LogP contribution >= 0.6 is 0 Å². The molecule has 1 aromatic rings. The Bertz CT molecular complexity index is 456. The van der Waals surface area contributed by atoms with Gasteiger partial charge in [-0.2, -0.15) is 0 Å². The molecule has 1 aliphatic rings. The molecule has 0 aromatic carbocycles. The SMILES string of the molecule is CCc1cc(NC2(C(=O)O)CCOC2)nc(C)n1. The minimum Gasteiger partial charge on any atom is -0.479 e. The third-order valence-corrected chi connectivity index (χ3v) is 3.05. The summed E-state index contributed by atoms with van der Waals surface area (Å²) in [6.45, 7) is 4.40. The van der Waals surface area contributed by atoms with Crippen molar-refractivity contribution in [1.29, 1.82) is 0 Å². The van der Waals surface area contributed by atoms with Gasteiger partial charge in [-0.05, 0) is 13.3 Å². The van der Waals surface area contributed by atoms with E-state index in [2.05, 4.69) is 15.3 Å². The maximum Gasteiger partial charge on any atom is 0.331 e. The van der Waals surface area contributed by atoms with Crippen LogP contribution in [0.1, 0.15) is 24.9 Å². The highest BCUT2D eigenvalue weighted by atomic mass is 16.5. The van der Waals surface area contributed by atoms with E-state index < -0.39 is 11.5 Å². The lowest BCUT2D eigenvalue weighted by atomic mass is 9.99. The number of carboxylic acids is 1. The van der Waals surface area contributed by atoms with Gasteiger partial charge in [-0.15, -0.1) is 0 Å². The minimum atomic E-state index is -1.06. The normalized spacial score (nSPS) is 23.0. The highest BCUT2D eigenvalue weighted by molar-refractivity contribution is 5.83. The zero-order valence-electron chi connectivity index (χ0n) is 10.6. The van der Waals surface area contributed by atoms with E-state index in [1.165, 1.54) is 0 Å². The number of hydrogen-bond donors (Lipinski definition) is 2. The van der Waals surface area contributed by atoms with E-state index in [1.54, 1.807) is 13.0 Å². The standard InChI is InChI=1S/C12H17N3O3/c1-3-9-6-10(14-8(2)13-9)15-12(11(16)17)4-5-18-7-12/h6H,3-5,7H2,1-2H3,(H,16,17)(H,13,14,15). The summed E-state index contributed by atoms with van der Waals surface area (Å²) < 4.78 is 5.19. The first-order chi connectivity index (χ1) is 8.55. The summed E-state index contributed by atoms with van der Waals surface area (Å²) in [4.78, 5) is 19.9. The summed E-state index contributed by atoms with van der Waals surface area (Å²) in [5.74, 6) is 0.276. The number of nitrogens with one attached hydrogen (secondary N) is 1. The van der Waals surface area contributed by atoms with Crippen LogP contribution in [0.3, 0.4) is 0 Å². The van der Waals surface area contributed by atoms with Crippen LogP contribution in [-0.2, 0) is 16.0 Å². The Labute approximate surface area is 105 Å². The summed E-state index contributed by atoms with van der Waals surface area (Å²) in [5, 5.41) is 12.3. The monoisotopic (exact) mass is 251 g/mol. The van der Waals surface area contributed by atoms with Gasteiger partial charge in [0.25, 0.3) is 0 Å². The average molecular weight is 251 g/mol. The topological polar surface area (TPSA) is 84.3 Å². The number of hydrogen-bond acceptors (Lipinski definition) is 5. The fraction of sp³-hybridized carbons (Fsp3) is 0.583. The number of rotatable bonds is 4. The van der Waals surface area contributed by atoms with Crippen molar-refractivity contribution in [1.82, 2.24) is 9.97 Å². The van der Waals surface area contributed by atoms with Crippen LogP contribution < -0.4 is 5.32 Å². The zero-order chi connectivity index (χ0) is 13.2. The summed E-state index contributed by atoms with van der Waals surface area (Å²) in [5.41, 5.74) is -0.171. The fourth-order valence-electron chi connectivity index (χ4n) is 2.01. The lowest BCUT2D eigenvalue weighted by Gasteiger charge is -2.24. The van der Waals surface area contributed by atoms with Crippen LogP contribution in [-0.4, -0.2) is 39.8 Å². The molecule has 0 spiro atoms. The number of anilines is 1. The largest absolute Gasteiger partial charge is 0.479 e.